The van der Waals surface area contributed by atoms with Gasteiger partial charge in [-0.05, 0) is 81.8 Å². The number of aliphatic hydroxyl groups excluding tert-OH is 2. The van der Waals surface area contributed by atoms with Crippen LogP contribution < -0.4 is 4.74 Å². The minimum atomic E-state index is -1.07. The molecule has 1 fully saturated rings. The highest BCUT2D eigenvalue weighted by Gasteiger charge is 2.34. The van der Waals surface area contributed by atoms with Crippen LogP contribution in [0.15, 0.2) is 36.5 Å². The average molecular weight is 521 g/mol. The van der Waals surface area contributed by atoms with E-state index < -0.39 is 34.8 Å². The standard InChI is InChI=1S/C28H32F4N2O3/c1-37-19-4-5-25-21(15-19)27(24(32)16-33-25)26(36)6-7-28(17-35)8-11-34(12-9-28)10-2-3-20-22(30)13-18(29)14-23(20)31/h4-5,13-16,26,35-36H,2-3,6-12,17H2,1H3/t26-/m1/s1. The highest BCUT2D eigenvalue weighted by Crippen LogP contribution is 2.39. The molecule has 2 heterocycles. The van der Waals surface area contributed by atoms with Crippen molar-refractivity contribution < 1.29 is 32.5 Å². The van der Waals surface area contributed by atoms with Crippen LogP contribution in [0.3, 0.4) is 0 Å². The Bertz CT molecular complexity index is 1210. The molecule has 1 atom stereocenters. The molecule has 0 bridgehead atoms. The molecule has 37 heavy (non-hydrogen) atoms. The first-order chi connectivity index (χ1) is 17.7. The maximum Gasteiger partial charge on any atom is 0.147 e. The lowest BCUT2D eigenvalue weighted by molar-refractivity contribution is 0.0230. The highest BCUT2D eigenvalue weighted by molar-refractivity contribution is 5.84. The zero-order valence-corrected chi connectivity index (χ0v) is 20.8. The highest BCUT2D eigenvalue weighted by atomic mass is 19.1. The van der Waals surface area contributed by atoms with E-state index in [9.17, 15) is 27.8 Å². The molecule has 0 amide bonds. The number of hydrogen-bond acceptors (Lipinski definition) is 5. The third-order valence-electron chi connectivity index (χ3n) is 7.61. The minimum Gasteiger partial charge on any atom is -0.497 e. The van der Waals surface area contributed by atoms with E-state index in [2.05, 4.69) is 9.88 Å². The number of benzene rings is 2. The molecule has 200 valence electrons. The Morgan fingerprint density at radius 1 is 1.05 bits per heavy atom. The second-order valence-electron chi connectivity index (χ2n) is 9.91. The maximum atomic E-state index is 14.7. The first kappa shape index (κ1) is 27.3. The molecule has 1 saturated heterocycles. The largest absolute Gasteiger partial charge is 0.497 e. The van der Waals surface area contributed by atoms with Gasteiger partial charge in [0.25, 0.3) is 0 Å². The smallest absolute Gasteiger partial charge is 0.147 e. The molecule has 0 spiro atoms. The molecule has 2 N–H and O–H groups in total. The van der Waals surface area contributed by atoms with Crippen molar-refractivity contribution in [2.24, 2.45) is 5.41 Å². The quantitative estimate of drug-likeness (QED) is 0.354. The molecule has 3 aromatic rings. The molecule has 0 unspecified atom stereocenters. The van der Waals surface area contributed by atoms with Crippen LogP contribution in [0.4, 0.5) is 17.6 Å². The first-order valence-electron chi connectivity index (χ1n) is 12.5. The van der Waals surface area contributed by atoms with Gasteiger partial charge in [0, 0.05) is 35.3 Å². The molecule has 1 aliphatic rings. The second kappa shape index (κ2) is 11.8. The van der Waals surface area contributed by atoms with Crippen molar-refractivity contribution in [3.63, 3.8) is 0 Å². The maximum absolute atomic E-state index is 14.7. The van der Waals surface area contributed by atoms with Crippen LogP contribution in [0.25, 0.3) is 10.9 Å². The van der Waals surface area contributed by atoms with Gasteiger partial charge in [-0.15, -0.1) is 0 Å². The number of methoxy groups -OCH3 is 1. The van der Waals surface area contributed by atoms with Crippen molar-refractivity contribution in [2.75, 3.05) is 33.4 Å². The summed E-state index contributed by atoms with van der Waals surface area (Å²) in [6.45, 7) is 1.95. The van der Waals surface area contributed by atoms with Crippen LogP contribution in [0, 0.1) is 28.7 Å². The molecule has 2 aromatic carbocycles. The number of rotatable bonds is 10. The summed E-state index contributed by atoms with van der Waals surface area (Å²) in [6, 6.07) is 6.49. The van der Waals surface area contributed by atoms with Crippen molar-refractivity contribution in [1.82, 2.24) is 9.88 Å². The monoisotopic (exact) mass is 520 g/mol. The van der Waals surface area contributed by atoms with E-state index in [0.717, 1.165) is 6.20 Å². The second-order valence-corrected chi connectivity index (χ2v) is 9.91. The zero-order valence-electron chi connectivity index (χ0n) is 20.8. The number of pyridine rings is 1. The summed E-state index contributed by atoms with van der Waals surface area (Å²) in [5, 5.41) is 21.7. The molecule has 1 aromatic heterocycles. The lowest BCUT2D eigenvalue weighted by Gasteiger charge is -2.41. The number of likely N-dealkylation sites (tertiary alicyclic amines) is 1. The van der Waals surface area contributed by atoms with E-state index in [1.807, 2.05) is 0 Å². The minimum absolute atomic E-state index is 0.0487. The molecule has 9 heteroatoms. The average Bonchev–Trinajstić information content (AvgIpc) is 2.89. The third kappa shape index (κ3) is 6.22. The number of piperidine rings is 1. The molecule has 5 nitrogen and oxygen atoms in total. The van der Waals surface area contributed by atoms with Gasteiger partial charge in [0.1, 0.15) is 29.0 Å². The van der Waals surface area contributed by atoms with Crippen molar-refractivity contribution in [3.8, 4) is 5.75 Å². The van der Waals surface area contributed by atoms with E-state index in [1.165, 1.54) is 7.11 Å². The van der Waals surface area contributed by atoms with E-state index in [0.29, 0.717) is 74.1 Å². The Morgan fingerprint density at radius 2 is 1.76 bits per heavy atom. The number of fused-ring (bicyclic) bond motifs is 1. The fourth-order valence-corrected chi connectivity index (χ4v) is 5.25. The van der Waals surface area contributed by atoms with Gasteiger partial charge in [-0.2, -0.15) is 0 Å². The summed E-state index contributed by atoms with van der Waals surface area (Å²) in [4.78, 5) is 6.27. The van der Waals surface area contributed by atoms with E-state index >= 15 is 0 Å². The zero-order chi connectivity index (χ0) is 26.6. The van der Waals surface area contributed by atoms with E-state index in [-0.39, 0.29) is 30.6 Å². The Kier molecular flexibility index (Phi) is 8.67. The lowest BCUT2D eigenvalue weighted by atomic mass is 9.74. The molecule has 0 radical (unpaired) electrons. The predicted molar refractivity (Wildman–Crippen MR) is 132 cm³/mol. The summed E-state index contributed by atoms with van der Waals surface area (Å²) in [6.07, 6.45) is 2.88. The molecular formula is C28H32F4N2O3. The van der Waals surface area contributed by atoms with Gasteiger partial charge < -0.3 is 19.8 Å². The van der Waals surface area contributed by atoms with E-state index in [4.69, 9.17) is 4.74 Å². The lowest BCUT2D eigenvalue weighted by Crippen LogP contribution is -2.42. The summed E-state index contributed by atoms with van der Waals surface area (Å²) in [5.74, 6) is -2.72. The normalized spacial score (nSPS) is 16.7. The third-order valence-corrected chi connectivity index (χ3v) is 7.61. The Morgan fingerprint density at radius 3 is 2.41 bits per heavy atom. The van der Waals surface area contributed by atoms with Crippen LogP contribution in [0.1, 0.15) is 49.3 Å². The molecule has 4 rings (SSSR count). The number of aromatic nitrogens is 1. The van der Waals surface area contributed by atoms with E-state index in [1.54, 1.807) is 18.2 Å². The van der Waals surface area contributed by atoms with Crippen LogP contribution in [0.5, 0.6) is 5.75 Å². The Balaban J connectivity index is 1.33. The summed E-state index contributed by atoms with van der Waals surface area (Å²) < 4.78 is 60.8. The number of nitrogens with zero attached hydrogens (tertiary/aromatic N) is 2. The molecule has 1 aliphatic heterocycles. The van der Waals surface area contributed by atoms with Crippen molar-refractivity contribution in [1.29, 1.82) is 0 Å². The van der Waals surface area contributed by atoms with Gasteiger partial charge in [0.2, 0.25) is 0 Å². The van der Waals surface area contributed by atoms with Crippen molar-refractivity contribution in [3.05, 3.63) is 70.9 Å². The van der Waals surface area contributed by atoms with Crippen LogP contribution in [0.2, 0.25) is 0 Å². The van der Waals surface area contributed by atoms with Gasteiger partial charge in [-0.25, -0.2) is 17.6 Å². The van der Waals surface area contributed by atoms with Crippen molar-refractivity contribution >= 4 is 10.9 Å². The fourth-order valence-electron chi connectivity index (χ4n) is 5.25. The predicted octanol–water partition coefficient (Wildman–Crippen LogP) is 5.32. The molecular weight excluding hydrogens is 488 g/mol. The van der Waals surface area contributed by atoms with Crippen molar-refractivity contribution in [2.45, 2.75) is 44.6 Å². The summed E-state index contributed by atoms with van der Waals surface area (Å²) in [5.41, 5.74) is 0.228. The van der Waals surface area contributed by atoms with Gasteiger partial charge in [-0.1, -0.05) is 0 Å². The number of ether oxygens (including phenoxy) is 1. The van der Waals surface area contributed by atoms with Crippen LogP contribution in [-0.2, 0) is 6.42 Å². The summed E-state index contributed by atoms with van der Waals surface area (Å²) in [7, 11) is 1.51. The topological polar surface area (TPSA) is 65.8 Å². The first-order valence-corrected chi connectivity index (χ1v) is 12.5. The van der Waals surface area contributed by atoms with Gasteiger partial charge >= 0.3 is 0 Å². The fraction of sp³-hybridized carbons (Fsp3) is 0.464. The van der Waals surface area contributed by atoms with Gasteiger partial charge in [0.15, 0.2) is 0 Å². The van der Waals surface area contributed by atoms with Gasteiger partial charge in [-0.3, -0.25) is 4.98 Å². The van der Waals surface area contributed by atoms with Crippen LogP contribution in [-0.4, -0.2) is 53.4 Å². The number of aliphatic hydroxyl groups is 2. The molecule has 0 aliphatic carbocycles. The number of halogens is 4. The molecule has 0 saturated carbocycles. The van der Waals surface area contributed by atoms with Crippen LogP contribution >= 0.6 is 0 Å². The summed E-state index contributed by atoms with van der Waals surface area (Å²) >= 11 is 0. The SMILES string of the molecule is COc1ccc2ncc(F)c([C@H](O)CCC3(CO)CCN(CCCc4c(F)cc(F)cc4F)CC3)c2c1. The number of hydrogen-bond donors (Lipinski definition) is 2. The van der Waals surface area contributed by atoms with Gasteiger partial charge in [0.05, 0.1) is 24.9 Å². The Labute approximate surface area is 213 Å². The Hall–Kier alpha value is -2.75.